The van der Waals surface area contributed by atoms with E-state index in [0.29, 0.717) is 11.2 Å². The average molecular weight is 489 g/mol. The lowest BCUT2D eigenvalue weighted by molar-refractivity contribution is 0.105. The number of phenols is 1. The van der Waals surface area contributed by atoms with Crippen LogP contribution < -0.4 is 10.6 Å². The van der Waals surface area contributed by atoms with Gasteiger partial charge in [-0.05, 0) is 62.1 Å². The lowest BCUT2D eigenvalue weighted by atomic mass is 9.83. The van der Waals surface area contributed by atoms with Crippen LogP contribution in [0.4, 0.5) is 0 Å². The molecule has 0 heterocycles. The topological polar surface area (TPSA) is 65.9 Å². The van der Waals surface area contributed by atoms with Crippen LogP contribution in [-0.4, -0.2) is 44.4 Å². The van der Waals surface area contributed by atoms with Crippen molar-refractivity contribution in [1.82, 2.24) is 10.6 Å². The number of aromatic hydroxyl groups is 1. The van der Waals surface area contributed by atoms with E-state index < -0.39 is 0 Å². The third-order valence-corrected chi connectivity index (χ3v) is 5.37. The van der Waals surface area contributed by atoms with Crippen LogP contribution in [0.15, 0.2) is 29.3 Å². The monoisotopic (exact) mass is 489 g/mol. The maximum Gasteiger partial charge on any atom is 0.190 e. The number of benzene rings is 1. The second kappa shape index (κ2) is 13.2. The van der Waals surface area contributed by atoms with E-state index >= 15 is 0 Å². The first-order chi connectivity index (χ1) is 12.7. The summed E-state index contributed by atoms with van der Waals surface area (Å²) in [5, 5.41) is 16.3. The van der Waals surface area contributed by atoms with Crippen molar-refractivity contribution in [3.05, 3.63) is 29.8 Å². The highest BCUT2D eigenvalue weighted by atomic mass is 127. The Balaban J connectivity index is 0.00000364. The van der Waals surface area contributed by atoms with Crippen molar-refractivity contribution in [3.63, 3.8) is 0 Å². The molecule has 0 aliphatic heterocycles. The molecule has 5 nitrogen and oxygen atoms in total. The van der Waals surface area contributed by atoms with Gasteiger partial charge in [-0.25, -0.2) is 0 Å². The molecule has 6 heteroatoms. The fourth-order valence-corrected chi connectivity index (χ4v) is 3.73. The zero-order valence-corrected chi connectivity index (χ0v) is 19.1. The van der Waals surface area contributed by atoms with E-state index in [-0.39, 0.29) is 24.0 Å². The first-order valence-electron chi connectivity index (χ1n) is 9.98. The van der Waals surface area contributed by atoms with Gasteiger partial charge in [0.2, 0.25) is 0 Å². The number of guanidine groups is 1. The van der Waals surface area contributed by atoms with E-state index in [0.717, 1.165) is 51.5 Å². The number of nitrogens with zero attached hydrogens (tertiary/aromatic N) is 1. The molecule has 0 amide bonds. The molecule has 0 spiro atoms. The van der Waals surface area contributed by atoms with Gasteiger partial charge in [0.05, 0.1) is 0 Å². The summed E-state index contributed by atoms with van der Waals surface area (Å²) in [6.07, 6.45) is 8.37. The van der Waals surface area contributed by atoms with Crippen molar-refractivity contribution < 1.29 is 9.84 Å². The van der Waals surface area contributed by atoms with E-state index in [1.54, 1.807) is 12.1 Å². The number of hydrogen-bond donors (Lipinski definition) is 3. The van der Waals surface area contributed by atoms with Crippen molar-refractivity contribution in [2.75, 3.05) is 33.4 Å². The minimum Gasteiger partial charge on any atom is -0.508 e. The highest BCUT2D eigenvalue weighted by Gasteiger charge is 2.33. The highest BCUT2D eigenvalue weighted by Crippen LogP contribution is 2.40. The minimum atomic E-state index is 0. The molecule has 154 valence electrons. The van der Waals surface area contributed by atoms with Crippen molar-refractivity contribution in [2.24, 2.45) is 10.4 Å². The van der Waals surface area contributed by atoms with Gasteiger partial charge in [-0.3, -0.25) is 4.99 Å². The first-order valence-corrected chi connectivity index (χ1v) is 9.98. The lowest BCUT2D eigenvalue weighted by Gasteiger charge is -2.30. The van der Waals surface area contributed by atoms with Gasteiger partial charge in [-0.15, -0.1) is 24.0 Å². The van der Waals surface area contributed by atoms with Crippen LogP contribution in [0.2, 0.25) is 0 Å². The van der Waals surface area contributed by atoms with Crippen LogP contribution in [0.25, 0.3) is 0 Å². The minimum absolute atomic E-state index is 0. The van der Waals surface area contributed by atoms with Gasteiger partial charge in [0.15, 0.2) is 5.96 Å². The molecule has 0 saturated heterocycles. The van der Waals surface area contributed by atoms with Gasteiger partial charge in [0.25, 0.3) is 0 Å². The molecule has 0 radical (unpaired) electrons. The van der Waals surface area contributed by atoms with E-state index in [1.165, 1.54) is 31.2 Å². The smallest absolute Gasteiger partial charge is 0.190 e. The summed E-state index contributed by atoms with van der Waals surface area (Å²) in [5.74, 6) is 1.21. The molecular weight excluding hydrogens is 453 g/mol. The first kappa shape index (κ1) is 24.0. The number of aryl methyl sites for hydroxylation is 1. The third kappa shape index (κ3) is 8.68. The van der Waals surface area contributed by atoms with Crippen LogP contribution >= 0.6 is 24.0 Å². The van der Waals surface area contributed by atoms with Crippen LogP contribution in [0.3, 0.4) is 0 Å². The standard InChI is InChI=1S/C21H35N3O2.HI/c1-3-26-16-14-21(12-4-5-13-21)17-24-20(22-2)23-15-6-7-18-8-10-19(25)11-9-18;/h8-11,25H,3-7,12-17H2,1-2H3,(H2,22,23,24);1H. The molecule has 0 unspecified atom stereocenters. The largest absolute Gasteiger partial charge is 0.508 e. The Morgan fingerprint density at radius 3 is 2.52 bits per heavy atom. The molecular formula is C21H36IN3O2. The quantitative estimate of drug-likeness (QED) is 0.201. The molecule has 1 fully saturated rings. The average Bonchev–Trinajstić information content (AvgIpc) is 3.12. The summed E-state index contributed by atoms with van der Waals surface area (Å²) < 4.78 is 5.59. The molecule has 2 rings (SSSR count). The fraction of sp³-hybridized carbons (Fsp3) is 0.667. The molecule has 27 heavy (non-hydrogen) atoms. The molecule has 0 aromatic heterocycles. The number of phenolic OH excluding ortho intramolecular Hbond substituents is 1. The van der Waals surface area contributed by atoms with Crippen LogP contribution in [-0.2, 0) is 11.2 Å². The second-order valence-electron chi connectivity index (χ2n) is 7.28. The number of aliphatic imine (C=N–C) groups is 1. The Kier molecular flexibility index (Phi) is 11.7. The summed E-state index contributed by atoms with van der Waals surface area (Å²) >= 11 is 0. The normalized spacial score (nSPS) is 16.0. The van der Waals surface area contributed by atoms with Gasteiger partial charge in [-0.1, -0.05) is 25.0 Å². The number of hydrogen-bond acceptors (Lipinski definition) is 3. The molecule has 1 saturated carbocycles. The SMILES string of the molecule is CCOCCC1(CNC(=NC)NCCCc2ccc(O)cc2)CCCC1.I. The van der Waals surface area contributed by atoms with Gasteiger partial charge in [-0.2, -0.15) is 0 Å². The Morgan fingerprint density at radius 2 is 1.89 bits per heavy atom. The molecule has 3 N–H and O–H groups in total. The van der Waals surface area contributed by atoms with Crippen molar-refractivity contribution >= 4 is 29.9 Å². The summed E-state index contributed by atoms with van der Waals surface area (Å²) in [6, 6.07) is 7.44. The maximum atomic E-state index is 9.33. The van der Waals surface area contributed by atoms with Crippen LogP contribution in [0, 0.1) is 5.41 Å². The molecule has 0 atom stereocenters. The predicted molar refractivity (Wildman–Crippen MR) is 123 cm³/mol. The maximum absolute atomic E-state index is 9.33. The van der Waals surface area contributed by atoms with E-state index in [9.17, 15) is 5.11 Å². The Bertz CT molecular complexity index is 543. The number of rotatable bonds is 10. The van der Waals surface area contributed by atoms with E-state index in [1.807, 2.05) is 19.2 Å². The number of halogens is 1. The molecule has 1 aromatic rings. The molecule has 1 aliphatic rings. The van der Waals surface area contributed by atoms with Crippen LogP contribution in [0.1, 0.15) is 51.0 Å². The summed E-state index contributed by atoms with van der Waals surface area (Å²) in [7, 11) is 1.83. The lowest BCUT2D eigenvalue weighted by Crippen LogP contribution is -2.43. The van der Waals surface area contributed by atoms with Gasteiger partial charge in [0.1, 0.15) is 5.75 Å². The molecule has 0 bridgehead atoms. The summed E-state index contributed by atoms with van der Waals surface area (Å²) in [5.41, 5.74) is 1.60. The predicted octanol–water partition coefficient (Wildman–Crippen LogP) is 4.09. The Hall–Kier alpha value is -1.02. The van der Waals surface area contributed by atoms with Gasteiger partial charge >= 0.3 is 0 Å². The third-order valence-electron chi connectivity index (χ3n) is 5.37. The fourth-order valence-electron chi connectivity index (χ4n) is 3.73. The number of nitrogens with one attached hydrogen (secondary N) is 2. The Labute approximate surface area is 181 Å². The van der Waals surface area contributed by atoms with Crippen molar-refractivity contribution in [2.45, 2.75) is 51.9 Å². The highest BCUT2D eigenvalue weighted by molar-refractivity contribution is 14.0. The zero-order chi connectivity index (χ0) is 18.7. The number of ether oxygens (including phenoxy) is 1. The molecule has 1 aromatic carbocycles. The van der Waals surface area contributed by atoms with Crippen molar-refractivity contribution in [1.29, 1.82) is 0 Å². The molecule has 1 aliphatic carbocycles. The van der Waals surface area contributed by atoms with E-state index in [2.05, 4.69) is 22.5 Å². The van der Waals surface area contributed by atoms with Crippen molar-refractivity contribution in [3.8, 4) is 5.75 Å². The van der Waals surface area contributed by atoms with E-state index in [4.69, 9.17) is 4.74 Å². The van der Waals surface area contributed by atoms with Crippen LogP contribution in [0.5, 0.6) is 5.75 Å². The van der Waals surface area contributed by atoms with Gasteiger partial charge < -0.3 is 20.5 Å². The second-order valence-corrected chi connectivity index (χ2v) is 7.28. The zero-order valence-electron chi connectivity index (χ0n) is 16.8. The Morgan fingerprint density at radius 1 is 1.19 bits per heavy atom. The van der Waals surface area contributed by atoms with Gasteiger partial charge in [0, 0.05) is 33.4 Å². The summed E-state index contributed by atoms with van der Waals surface area (Å²) in [6.45, 7) is 5.57. The summed E-state index contributed by atoms with van der Waals surface area (Å²) in [4.78, 5) is 4.36.